The zero-order chi connectivity index (χ0) is 16.1. The highest BCUT2D eigenvalue weighted by Gasteiger charge is 2.11. The maximum Gasteiger partial charge on any atom is 0.216 e. The summed E-state index contributed by atoms with van der Waals surface area (Å²) in [4.78, 5) is 21.5. The molecule has 5 nitrogen and oxygen atoms in total. The van der Waals surface area contributed by atoms with E-state index in [0.29, 0.717) is 34.8 Å². The molecule has 1 aromatic carbocycles. The van der Waals surface area contributed by atoms with Crippen LogP contribution >= 0.6 is 23.2 Å². The number of benzene rings is 1. The summed E-state index contributed by atoms with van der Waals surface area (Å²) in [5.41, 5.74) is 0.859. The number of hydrogen-bond donors (Lipinski definition) is 1. The van der Waals surface area contributed by atoms with E-state index in [1.807, 2.05) is 24.1 Å². The Kier molecular flexibility index (Phi) is 5.57. The van der Waals surface area contributed by atoms with Crippen LogP contribution in [0.25, 0.3) is 11.4 Å². The molecule has 7 heteroatoms. The van der Waals surface area contributed by atoms with Gasteiger partial charge in [-0.3, -0.25) is 4.79 Å². The molecule has 0 radical (unpaired) electrons. The molecule has 1 heterocycles. The van der Waals surface area contributed by atoms with Gasteiger partial charge >= 0.3 is 0 Å². The third-order valence-electron chi connectivity index (χ3n) is 3.01. The minimum absolute atomic E-state index is 0.0657. The molecule has 0 aliphatic carbocycles. The van der Waals surface area contributed by atoms with Crippen molar-refractivity contribution in [3.05, 3.63) is 40.5 Å². The first-order valence-corrected chi connectivity index (χ1v) is 7.47. The highest BCUT2D eigenvalue weighted by molar-refractivity contribution is 6.32. The van der Waals surface area contributed by atoms with Crippen LogP contribution in [0.3, 0.4) is 0 Å². The van der Waals surface area contributed by atoms with Crippen molar-refractivity contribution in [3.8, 4) is 11.4 Å². The van der Waals surface area contributed by atoms with Crippen molar-refractivity contribution in [2.45, 2.75) is 6.92 Å². The maximum atomic E-state index is 10.9. The quantitative estimate of drug-likeness (QED) is 0.910. The lowest BCUT2D eigenvalue weighted by Crippen LogP contribution is -2.32. The average Bonchev–Trinajstić information content (AvgIpc) is 2.48. The number of anilines is 1. The van der Waals surface area contributed by atoms with Gasteiger partial charge in [-0.1, -0.05) is 23.2 Å². The van der Waals surface area contributed by atoms with Crippen LogP contribution in [0.2, 0.25) is 10.0 Å². The van der Waals surface area contributed by atoms with Gasteiger partial charge in [0.25, 0.3) is 0 Å². The van der Waals surface area contributed by atoms with Gasteiger partial charge in [0.1, 0.15) is 5.02 Å². The highest BCUT2D eigenvalue weighted by atomic mass is 35.5. The Bertz CT molecular complexity index is 661. The van der Waals surface area contributed by atoms with Crippen molar-refractivity contribution in [3.63, 3.8) is 0 Å². The van der Waals surface area contributed by atoms with Crippen molar-refractivity contribution in [2.24, 2.45) is 0 Å². The van der Waals surface area contributed by atoms with Gasteiger partial charge in [0, 0.05) is 37.6 Å². The van der Waals surface area contributed by atoms with E-state index in [9.17, 15) is 4.79 Å². The molecule has 0 bridgehead atoms. The fourth-order valence-electron chi connectivity index (χ4n) is 1.87. The van der Waals surface area contributed by atoms with Gasteiger partial charge in [-0.15, -0.1) is 0 Å². The van der Waals surface area contributed by atoms with Crippen LogP contribution in [0.15, 0.2) is 30.5 Å². The van der Waals surface area contributed by atoms with Gasteiger partial charge in [-0.2, -0.15) is 0 Å². The first-order valence-electron chi connectivity index (χ1n) is 6.71. The first-order chi connectivity index (χ1) is 10.5. The second kappa shape index (κ2) is 7.42. The van der Waals surface area contributed by atoms with E-state index >= 15 is 0 Å². The predicted molar refractivity (Wildman–Crippen MR) is 89.4 cm³/mol. The maximum absolute atomic E-state index is 10.9. The van der Waals surface area contributed by atoms with Crippen molar-refractivity contribution >= 4 is 34.9 Å². The summed E-state index contributed by atoms with van der Waals surface area (Å²) in [5, 5.41) is 3.86. The molecule has 0 saturated heterocycles. The number of nitrogens with one attached hydrogen (secondary N) is 1. The van der Waals surface area contributed by atoms with Crippen LogP contribution in [-0.2, 0) is 4.79 Å². The second-order valence-electron chi connectivity index (χ2n) is 4.78. The molecule has 0 aliphatic heterocycles. The zero-order valence-corrected chi connectivity index (χ0v) is 13.8. The van der Waals surface area contributed by atoms with E-state index in [1.165, 1.54) is 6.92 Å². The number of rotatable bonds is 5. The number of carbonyl (C=O) groups is 1. The molecule has 1 amide bonds. The summed E-state index contributed by atoms with van der Waals surface area (Å²) in [6, 6.07) is 7.28. The van der Waals surface area contributed by atoms with Crippen molar-refractivity contribution in [2.75, 3.05) is 25.0 Å². The summed E-state index contributed by atoms with van der Waals surface area (Å²) in [6.45, 7) is 2.59. The minimum atomic E-state index is -0.0657. The molecule has 2 rings (SSSR count). The zero-order valence-electron chi connectivity index (χ0n) is 12.3. The molecule has 0 fully saturated rings. The number of hydrogen-bond acceptors (Lipinski definition) is 4. The number of nitrogens with zero attached hydrogens (tertiary/aromatic N) is 3. The lowest BCUT2D eigenvalue weighted by Gasteiger charge is -2.19. The minimum Gasteiger partial charge on any atom is -0.357 e. The lowest BCUT2D eigenvalue weighted by atomic mass is 10.2. The summed E-state index contributed by atoms with van der Waals surface area (Å²) in [5.74, 6) is 1.12. The van der Waals surface area contributed by atoms with Crippen molar-refractivity contribution < 1.29 is 4.79 Å². The van der Waals surface area contributed by atoms with Crippen LogP contribution in [0.4, 0.5) is 5.82 Å². The molecular weight excluding hydrogens is 323 g/mol. The average molecular weight is 339 g/mol. The fraction of sp³-hybridized carbons (Fsp3) is 0.267. The predicted octanol–water partition coefficient (Wildman–Crippen LogP) is 3.02. The molecule has 2 aromatic rings. The highest BCUT2D eigenvalue weighted by Crippen LogP contribution is 2.25. The molecule has 116 valence electrons. The molecule has 0 atom stereocenters. The summed E-state index contributed by atoms with van der Waals surface area (Å²) >= 11 is 12.1. The van der Waals surface area contributed by atoms with Gasteiger partial charge in [-0.25, -0.2) is 9.97 Å². The van der Waals surface area contributed by atoms with E-state index in [0.717, 1.165) is 5.56 Å². The van der Waals surface area contributed by atoms with E-state index in [2.05, 4.69) is 15.3 Å². The van der Waals surface area contributed by atoms with Gasteiger partial charge < -0.3 is 10.2 Å². The topological polar surface area (TPSA) is 58.1 Å². The Morgan fingerprint density at radius 3 is 2.59 bits per heavy atom. The second-order valence-corrected chi connectivity index (χ2v) is 5.62. The normalized spacial score (nSPS) is 10.4. The van der Waals surface area contributed by atoms with E-state index in [4.69, 9.17) is 23.2 Å². The number of amides is 1. The van der Waals surface area contributed by atoms with E-state index in [1.54, 1.807) is 18.3 Å². The van der Waals surface area contributed by atoms with Gasteiger partial charge in [0.05, 0.1) is 6.20 Å². The Hall–Kier alpha value is -1.85. The molecule has 1 aromatic heterocycles. The van der Waals surface area contributed by atoms with Gasteiger partial charge in [0.2, 0.25) is 5.91 Å². The van der Waals surface area contributed by atoms with Crippen molar-refractivity contribution in [1.29, 1.82) is 0 Å². The standard InChI is InChI=1S/C15H16Cl2N4O/c1-10(22)18-7-8-21(2)15-13(17)9-19-14(20-15)11-3-5-12(16)6-4-11/h3-6,9H,7-8H2,1-2H3,(H,18,22). The summed E-state index contributed by atoms with van der Waals surface area (Å²) in [6.07, 6.45) is 1.57. The number of halogens is 2. The van der Waals surface area contributed by atoms with Crippen LogP contribution in [0, 0.1) is 0 Å². The monoisotopic (exact) mass is 338 g/mol. The third kappa shape index (κ3) is 4.32. The Morgan fingerprint density at radius 2 is 1.95 bits per heavy atom. The third-order valence-corrected chi connectivity index (χ3v) is 3.53. The lowest BCUT2D eigenvalue weighted by molar-refractivity contribution is -0.118. The molecule has 0 spiro atoms. The number of aromatic nitrogens is 2. The van der Waals surface area contributed by atoms with Gasteiger partial charge in [-0.05, 0) is 24.3 Å². The van der Waals surface area contributed by atoms with Crippen LogP contribution in [0.5, 0.6) is 0 Å². The van der Waals surface area contributed by atoms with Crippen LogP contribution < -0.4 is 10.2 Å². The smallest absolute Gasteiger partial charge is 0.216 e. The summed E-state index contributed by atoms with van der Waals surface area (Å²) < 4.78 is 0. The SMILES string of the molecule is CC(=O)NCCN(C)c1nc(-c2ccc(Cl)cc2)ncc1Cl. The molecular formula is C15H16Cl2N4O. The Labute approximate surface area is 139 Å². The van der Waals surface area contributed by atoms with E-state index < -0.39 is 0 Å². The van der Waals surface area contributed by atoms with Crippen molar-refractivity contribution in [1.82, 2.24) is 15.3 Å². The Morgan fingerprint density at radius 1 is 1.27 bits per heavy atom. The van der Waals surface area contributed by atoms with Crippen LogP contribution in [0.1, 0.15) is 6.92 Å². The molecule has 0 aliphatic rings. The van der Waals surface area contributed by atoms with E-state index in [-0.39, 0.29) is 5.91 Å². The number of carbonyl (C=O) groups excluding carboxylic acids is 1. The number of likely N-dealkylation sites (N-methyl/N-ethyl adjacent to an activating group) is 1. The van der Waals surface area contributed by atoms with Crippen LogP contribution in [-0.4, -0.2) is 36.0 Å². The molecule has 0 saturated carbocycles. The summed E-state index contributed by atoms with van der Waals surface area (Å²) in [7, 11) is 1.86. The van der Waals surface area contributed by atoms with Gasteiger partial charge in [0.15, 0.2) is 11.6 Å². The molecule has 22 heavy (non-hydrogen) atoms. The molecule has 1 N–H and O–H groups in total. The first kappa shape index (κ1) is 16.5. The fourth-order valence-corrected chi connectivity index (χ4v) is 2.23. The largest absolute Gasteiger partial charge is 0.357 e. The Balaban J connectivity index is 2.19. The molecule has 0 unspecified atom stereocenters.